The highest BCUT2D eigenvalue weighted by molar-refractivity contribution is 6.45. The van der Waals surface area contributed by atoms with E-state index >= 15 is 0 Å². The molecule has 1 aliphatic carbocycles. The fourth-order valence-corrected chi connectivity index (χ4v) is 3.45. The fourth-order valence-electron chi connectivity index (χ4n) is 3.38. The first-order valence-corrected chi connectivity index (χ1v) is 11.2. The first-order valence-electron chi connectivity index (χ1n) is 10.6. The third kappa shape index (κ3) is 7.29. The van der Waals surface area contributed by atoms with Crippen molar-refractivity contribution in [3.63, 3.8) is 0 Å². The smallest absolute Gasteiger partial charge is 0.273 e. The second-order valence-electron chi connectivity index (χ2n) is 7.75. The van der Waals surface area contributed by atoms with E-state index in [-0.39, 0.29) is 30.1 Å². The molecule has 0 heterocycles. The molecule has 33 heavy (non-hydrogen) atoms. The maximum absolute atomic E-state index is 12.4. The van der Waals surface area contributed by atoms with Crippen molar-refractivity contribution in [2.24, 2.45) is 5.16 Å². The van der Waals surface area contributed by atoms with Crippen molar-refractivity contribution in [2.45, 2.75) is 39.7 Å². The van der Waals surface area contributed by atoms with Gasteiger partial charge in [0.1, 0.15) is 7.11 Å². The number of halogens is 1. The van der Waals surface area contributed by atoms with Crippen LogP contribution in [-0.2, 0) is 14.5 Å². The lowest BCUT2D eigenvalue weighted by Gasteiger charge is -2.24. The van der Waals surface area contributed by atoms with Crippen molar-refractivity contribution >= 4 is 28.9 Å². The van der Waals surface area contributed by atoms with Gasteiger partial charge in [0.05, 0.1) is 24.2 Å². The summed E-state index contributed by atoms with van der Waals surface area (Å²) < 4.78 is 0. The number of nitrogens with one attached hydrogen (secondary N) is 3. The van der Waals surface area contributed by atoms with E-state index in [4.69, 9.17) is 26.7 Å². The largest absolute Gasteiger partial charge is 0.398 e. The van der Waals surface area contributed by atoms with Gasteiger partial charge >= 0.3 is 0 Å². The summed E-state index contributed by atoms with van der Waals surface area (Å²) in [6.45, 7) is 6.24. The lowest BCUT2D eigenvalue weighted by atomic mass is 9.85. The monoisotopic (exact) mass is 470 g/mol. The van der Waals surface area contributed by atoms with Gasteiger partial charge in [-0.1, -0.05) is 40.3 Å². The second kappa shape index (κ2) is 12.9. The number of rotatable bonds is 9. The first-order chi connectivity index (χ1) is 15.8. The Morgan fingerprint density at radius 1 is 1.24 bits per heavy atom. The number of allylic oxidation sites excluding steroid dienone is 2. The van der Waals surface area contributed by atoms with Crippen LogP contribution < -0.4 is 10.8 Å². The van der Waals surface area contributed by atoms with E-state index in [1.165, 1.54) is 18.3 Å². The number of carbonyl (C=O) groups excluding carboxylic acids is 1. The highest BCUT2D eigenvalue weighted by atomic mass is 35.5. The Morgan fingerprint density at radius 2 is 1.91 bits per heavy atom. The van der Waals surface area contributed by atoms with Crippen molar-refractivity contribution in [3.05, 3.63) is 57.7 Å². The summed E-state index contributed by atoms with van der Waals surface area (Å²) in [5.74, 6) is 5.74. The van der Waals surface area contributed by atoms with Crippen LogP contribution in [0, 0.1) is 17.3 Å². The predicted octanol–water partition coefficient (Wildman–Crippen LogP) is 3.73. The van der Waals surface area contributed by atoms with Crippen molar-refractivity contribution < 1.29 is 14.5 Å². The Kier molecular flexibility index (Phi) is 10.3. The van der Waals surface area contributed by atoms with E-state index in [1.807, 2.05) is 31.2 Å². The zero-order valence-electron chi connectivity index (χ0n) is 19.8. The quantitative estimate of drug-likeness (QED) is 0.168. The molecule has 176 valence electrons. The molecule has 1 atom stereocenters. The maximum Gasteiger partial charge on any atom is 0.273 e. The molecule has 0 spiro atoms. The molecule has 8 heteroatoms. The third-order valence-corrected chi connectivity index (χ3v) is 5.55. The molecule has 0 fully saturated rings. The van der Waals surface area contributed by atoms with E-state index in [2.05, 4.69) is 41.6 Å². The van der Waals surface area contributed by atoms with Gasteiger partial charge < -0.3 is 15.6 Å². The molecule has 0 radical (unpaired) electrons. The van der Waals surface area contributed by atoms with Gasteiger partial charge in [-0.2, -0.15) is 5.48 Å². The Hall–Kier alpha value is -2.92. The number of nitrogens with zero attached hydrogens (tertiary/aromatic N) is 1. The molecule has 2 rings (SSSR count). The fraction of sp³-hybridized carbons (Fsp3) is 0.400. The molecule has 1 unspecified atom stereocenters. The summed E-state index contributed by atoms with van der Waals surface area (Å²) in [7, 11) is 2.98. The summed E-state index contributed by atoms with van der Waals surface area (Å²) >= 11 is 5.59. The van der Waals surface area contributed by atoms with E-state index in [0.29, 0.717) is 18.6 Å². The normalized spacial score (nSPS) is 15.0. The number of hydrogen-bond donors (Lipinski definition) is 3. The summed E-state index contributed by atoms with van der Waals surface area (Å²) in [5.41, 5.74) is 9.41. The van der Waals surface area contributed by atoms with E-state index in [9.17, 15) is 4.79 Å². The summed E-state index contributed by atoms with van der Waals surface area (Å²) in [6, 6.07) is 7.09. The standard InChI is InChI=1S/C25H31ClN4O3/c1-16-13-21(22(14-17(16)2)24(30-32-5)25(31)28-4)15-33-29-18(3)23(27)20-10-8-19(9-11-20)7-6-12-26/h8-11,18,27,29H,12-15H2,1-5H3,(H,28,31)/b27-23?,30-24+. The molecule has 1 aromatic rings. The highest BCUT2D eigenvalue weighted by Crippen LogP contribution is 2.31. The molecule has 7 nitrogen and oxygen atoms in total. The van der Waals surface area contributed by atoms with Crippen LogP contribution in [0.25, 0.3) is 0 Å². The maximum atomic E-state index is 12.4. The number of hydroxylamine groups is 1. The average molecular weight is 471 g/mol. The molecule has 0 saturated heterocycles. The Balaban J connectivity index is 2.09. The van der Waals surface area contributed by atoms with Crippen LogP contribution in [0.1, 0.15) is 44.7 Å². The molecule has 0 bridgehead atoms. The minimum absolute atomic E-state index is 0.253. The summed E-state index contributed by atoms with van der Waals surface area (Å²) in [6.07, 6.45) is 1.28. The van der Waals surface area contributed by atoms with Crippen LogP contribution in [0.4, 0.5) is 0 Å². The first kappa shape index (κ1) is 26.3. The topological polar surface area (TPSA) is 95.8 Å². The van der Waals surface area contributed by atoms with Crippen LogP contribution in [0.3, 0.4) is 0 Å². The van der Waals surface area contributed by atoms with E-state index in [1.54, 1.807) is 7.05 Å². The summed E-state index contributed by atoms with van der Waals surface area (Å²) in [4.78, 5) is 23.1. The van der Waals surface area contributed by atoms with Gasteiger partial charge in [-0.25, -0.2) is 0 Å². The number of amides is 1. The van der Waals surface area contributed by atoms with Crippen molar-refractivity contribution in [1.29, 1.82) is 5.41 Å². The minimum Gasteiger partial charge on any atom is -0.398 e. The van der Waals surface area contributed by atoms with Crippen LogP contribution >= 0.6 is 11.6 Å². The van der Waals surface area contributed by atoms with Gasteiger partial charge in [0, 0.05) is 12.6 Å². The number of carbonyl (C=O) groups is 1. The molecule has 1 aliphatic rings. The van der Waals surface area contributed by atoms with Crippen LogP contribution in [-0.4, -0.2) is 50.0 Å². The SMILES string of the molecule is CNC(=O)/C(=N/OC)C1=C(CONC(C)C(=N)c2ccc(C#CCCl)cc2)CC(C)=C(C)C1. The summed E-state index contributed by atoms with van der Waals surface area (Å²) in [5, 5.41) is 15.0. The van der Waals surface area contributed by atoms with Crippen molar-refractivity contribution in [3.8, 4) is 11.8 Å². The third-order valence-electron chi connectivity index (χ3n) is 5.42. The van der Waals surface area contributed by atoms with Crippen LogP contribution in [0.15, 0.2) is 51.7 Å². The molecule has 1 aromatic carbocycles. The second-order valence-corrected chi connectivity index (χ2v) is 8.02. The zero-order valence-corrected chi connectivity index (χ0v) is 20.5. The Bertz CT molecular complexity index is 1030. The molecular weight excluding hydrogens is 440 g/mol. The van der Waals surface area contributed by atoms with Gasteiger partial charge in [-0.3, -0.25) is 9.63 Å². The molecular formula is C25H31ClN4O3. The van der Waals surface area contributed by atoms with Gasteiger partial charge in [0.2, 0.25) is 0 Å². The Labute approximate surface area is 200 Å². The number of hydrogen-bond acceptors (Lipinski definition) is 6. The van der Waals surface area contributed by atoms with Gasteiger partial charge in [0.15, 0.2) is 5.71 Å². The highest BCUT2D eigenvalue weighted by Gasteiger charge is 2.25. The number of alkyl halides is 1. The zero-order chi connectivity index (χ0) is 24.4. The van der Waals surface area contributed by atoms with Crippen LogP contribution in [0.5, 0.6) is 0 Å². The van der Waals surface area contributed by atoms with E-state index < -0.39 is 0 Å². The van der Waals surface area contributed by atoms with Crippen molar-refractivity contribution in [2.75, 3.05) is 26.6 Å². The lowest BCUT2D eigenvalue weighted by molar-refractivity contribution is -0.114. The average Bonchev–Trinajstić information content (AvgIpc) is 2.82. The predicted molar refractivity (Wildman–Crippen MR) is 133 cm³/mol. The molecule has 0 saturated carbocycles. The number of oxime groups is 1. The van der Waals surface area contributed by atoms with Gasteiger partial charge in [0.25, 0.3) is 5.91 Å². The van der Waals surface area contributed by atoms with Gasteiger partial charge in [-0.15, -0.1) is 11.6 Å². The van der Waals surface area contributed by atoms with E-state index in [0.717, 1.165) is 22.3 Å². The Morgan fingerprint density at radius 3 is 2.52 bits per heavy atom. The lowest BCUT2D eigenvalue weighted by Crippen LogP contribution is -2.35. The van der Waals surface area contributed by atoms with Gasteiger partial charge in [-0.05, 0) is 62.5 Å². The molecule has 0 aromatic heterocycles. The molecule has 0 aliphatic heterocycles. The molecule has 3 N–H and O–H groups in total. The molecule has 1 amide bonds. The van der Waals surface area contributed by atoms with Crippen molar-refractivity contribution in [1.82, 2.24) is 10.8 Å². The van der Waals surface area contributed by atoms with Crippen LogP contribution in [0.2, 0.25) is 0 Å². The number of benzene rings is 1. The minimum atomic E-state index is -0.346.